The van der Waals surface area contributed by atoms with Gasteiger partial charge >= 0.3 is 0 Å². The van der Waals surface area contributed by atoms with Gasteiger partial charge in [0.05, 0.1) is 25.0 Å². The highest BCUT2D eigenvalue weighted by atomic mass is 32.2. The Kier molecular flexibility index (Phi) is 3.05. The Morgan fingerprint density at radius 3 is 2.67 bits per heavy atom. The van der Waals surface area contributed by atoms with E-state index in [1.54, 1.807) is 6.92 Å². The number of nitrogens with one attached hydrogen (secondary N) is 1. The fourth-order valence-corrected chi connectivity index (χ4v) is 1.88. The highest BCUT2D eigenvalue weighted by Gasteiger charge is 2.27. The summed E-state index contributed by atoms with van der Waals surface area (Å²) in [6, 6.07) is -0.471. The van der Waals surface area contributed by atoms with Crippen LogP contribution >= 0.6 is 0 Å². The van der Waals surface area contributed by atoms with E-state index in [9.17, 15) is 8.42 Å². The van der Waals surface area contributed by atoms with Crippen molar-refractivity contribution >= 4 is 10.0 Å². The van der Waals surface area contributed by atoms with Gasteiger partial charge in [-0.25, -0.2) is 13.1 Å². The molecule has 2 atom stereocenters. The summed E-state index contributed by atoms with van der Waals surface area (Å²) in [6.07, 6.45) is 0. The van der Waals surface area contributed by atoms with Gasteiger partial charge in [-0.2, -0.15) is 0 Å². The van der Waals surface area contributed by atoms with E-state index in [0.717, 1.165) is 0 Å². The molecule has 12 heavy (non-hydrogen) atoms. The van der Waals surface area contributed by atoms with Gasteiger partial charge in [-0.1, -0.05) is 0 Å². The molecular weight excluding hydrogens is 180 g/mol. The molecule has 0 bridgehead atoms. The SMILES string of the molecule is CCS(=O)(=O)NC1COCC1N. The molecule has 0 aromatic heterocycles. The minimum absolute atomic E-state index is 0.0796. The summed E-state index contributed by atoms with van der Waals surface area (Å²) in [5, 5.41) is 0. The van der Waals surface area contributed by atoms with E-state index in [1.807, 2.05) is 0 Å². The smallest absolute Gasteiger partial charge is 0.211 e. The average Bonchev–Trinajstić information content (AvgIpc) is 2.36. The zero-order chi connectivity index (χ0) is 9.19. The maximum Gasteiger partial charge on any atom is 0.211 e. The molecule has 0 aliphatic carbocycles. The van der Waals surface area contributed by atoms with E-state index in [1.165, 1.54) is 0 Å². The first-order valence-corrected chi connectivity index (χ1v) is 5.53. The second-order valence-electron chi connectivity index (χ2n) is 2.83. The van der Waals surface area contributed by atoms with E-state index in [-0.39, 0.29) is 17.8 Å². The van der Waals surface area contributed by atoms with Gasteiger partial charge in [0.15, 0.2) is 0 Å². The molecule has 72 valence electrons. The van der Waals surface area contributed by atoms with E-state index < -0.39 is 10.0 Å². The van der Waals surface area contributed by atoms with Crippen molar-refractivity contribution in [1.82, 2.24) is 4.72 Å². The molecule has 5 nitrogen and oxygen atoms in total. The fourth-order valence-electron chi connectivity index (χ4n) is 1.01. The highest BCUT2D eigenvalue weighted by molar-refractivity contribution is 7.89. The topological polar surface area (TPSA) is 81.4 Å². The lowest BCUT2D eigenvalue weighted by molar-refractivity contribution is 0.190. The van der Waals surface area contributed by atoms with Gasteiger partial charge in [0.2, 0.25) is 10.0 Å². The molecule has 2 unspecified atom stereocenters. The van der Waals surface area contributed by atoms with Crippen LogP contribution in [0, 0.1) is 0 Å². The Morgan fingerprint density at radius 2 is 2.25 bits per heavy atom. The molecule has 1 heterocycles. The lowest BCUT2D eigenvalue weighted by Gasteiger charge is -2.14. The molecule has 1 aliphatic heterocycles. The quantitative estimate of drug-likeness (QED) is 0.582. The van der Waals surface area contributed by atoms with Crippen LogP contribution in [0.4, 0.5) is 0 Å². The third kappa shape index (κ3) is 2.41. The van der Waals surface area contributed by atoms with Gasteiger partial charge in [0.25, 0.3) is 0 Å². The Morgan fingerprint density at radius 1 is 1.58 bits per heavy atom. The van der Waals surface area contributed by atoms with Crippen LogP contribution in [0.25, 0.3) is 0 Å². The molecule has 0 aromatic rings. The minimum atomic E-state index is -3.15. The second kappa shape index (κ2) is 3.69. The first-order valence-electron chi connectivity index (χ1n) is 3.88. The monoisotopic (exact) mass is 194 g/mol. The molecule has 1 fully saturated rings. The van der Waals surface area contributed by atoms with Gasteiger partial charge in [0.1, 0.15) is 0 Å². The molecule has 0 radical (unpaired) electrons. The van der Waals surface area contributed by atoms with Crippen LogP contribution in [0.1, 0.15) is 6.92 Å². The van der Waals surface area contributed by atoms with Gasteiger partial charge < -0.3 is 10.5 Å². The first kappa shape index (κ1) is 9.91. The molecule has 3 N–H and O–H groups in total. The highest BCUT2D eigenvalue weighted by Crippen LogP contribution is 2.04. The summed E-state index contributed by atoms with van der Waals surface area (Å²) in [7, 11) is -3.15. The van der Waals surface area contributed by atoms with Crippen molar-refractivity contribution in [2.24, 2.45) is 5.73 Å². The summed E-state index contributed by atoms with van der Waals surface area (Å²) in [6.45, 7) is 2.39. The van der Waals surface area contributed by atoms with E-state index in [4.69, 9.17) is 10.5 Å². The van der Waals surface area contributed by atoms with E-state index >= 15 is 0 Å². The van der Waals surface area contributed by atoms with Crippen molar-refractivity contribution in [3.05, 3.63) is 0 Å². The Hall–Kier alpha value is -0.170. The molecule has 6 heteroatoms. The first-order chi connectivity index (χ1) is 5.55. The number of rotatable bonds is 3. The molecule has 0 spiro atoms. The van der Waals surface area contributed by atoms with Gasteiger partial charge in [-0.05, 0) is 6.92 Å². The largest absolute Gasteiger partial charge is 0.378 e. The third-order valence-corrected chi connectivity index (χ3v) is 3.26. The maximum atomic E-state index is 11.1. The summed E-state index contributed by atoms with van der Waals surface area (Å²) in [5.41, 5.74) is 5.59. The summed E-state index contributed by atoms with van der Waals surface area (Å²) >= 11 is 0. The Balaban J connectivity index is 2.51. The molecule has 0 amide bonds. The lowest BCUT2D eigenvalue weighted by Crippen LogP contribution is -2.47. The Labute approximate surface area is 72.3 Å². The van der Waals surface area contributed by atoms with Crippen LogP contribution in [-0.4, -0.2) is 39.5 Å². The number of hydrogen-bond acceptors (Lipinski definition) is 4. The predicted molar refractivity (Wildman–Crippen MR) is 45.2 cm³/mol. The van der Waals surface area contributed by atoms with Crippen LogP contribution in [0.5, 0.6) is 0 Å². The average molecular weight is 194 g/mol. The molecule has 1 aliphatic rings. The fraction of sp³-hybridized carbons (Fsp3) is 1.00. The second-order valence-corrected chi connectivity index (χ2v) is 4.87. The molecule has 1 saturated heterocycles. The molecule has 0 aromatic carbocycles. The van der Waals surface area contributed by atoms with E-state index in [0.29, 0.717) is 13.2 Å². The van der Waals surface area contributed by atoms with Crippen molar-refractivity contribution in [2.45, 2.75) is 19.0 Å². The van der Waals surface area contributed by atoms with Crippen LogP contribution in [0.2, 0.25) is 0 Å². The van der Waals surface area contributed by atoms with Crippen molar-refractivity contribution in [3.63, 3.8) is 0 Å². The summed E-state index contributed by atoms with van der Waals surface area (Å²) in [4.78, 5) is 0. The predicted octanol–water partition coefficient (Wildman–Crippen LogP) is -1.35. The summed E-state index contributed by atoms with van der Waals surface area (Å²) in [5.74, 6) is 0.0796. The van der Waals surface area contributed by atoms with Crippen molar-refractivity contribution < 1.29 is 13.2 Å². The van der Waals surface area contributed by atoms with Crippen LogP contribution < -0.4 is 10.5 Å². The van der Waals surface area contributed by atoms with E-state index in [2.05, 4.69) is 4.72 Å². The van der Waals surface area contributed by atoms with Gasteiger partial charge in [-0.15, -0.1) is 0 Å². The number of ether oxygens (including phenoxy) is 1. The number of nitrogens with two attached hydrogens (primary N) is 1. The van der Waals surface area contributed by atoms with Crippen molar-refractivity contribution in [2.75, 3.05) is 19.0 Å². The normalized spacial score (nSPS) is 30.8. The van der Waals surface area contributed by atoms with Crippen molar-refractivity contribution in [3.8, 4) is 0 Å². The van der Waals surface area contributed by atoms with Gasteiger partial charge in [0, 0.05) is 6.04 Å². The van der Waals surface area contributed by atoms with Gasteiger partial charge in [-0.3, -0.25) is 0 Å². The van der Waals surface area contributed by atoms with Crippen LogP contribution in [0.3, 0.4) is 0 Å². The lowest BCUT2D eigenvalue weighted by atomic mass is 10.2. The molecular formula is C6H14N2O3S. The zero-order valence-electron chi connectivity index (χ0n) is 6.99. The zero-order valence-corrected chi connectivity index (χ0v) is 7.80. The molecule has 1 rings (SSSR count). The summed E-state index contributed by atoms with van der Waals surface area (Å²) < 4.78 is 29.6. The van der Waals surface area contributed by atoms with Crippen LogP contribution in [-0.2, 0) is 14.8 Å². The third-order valence-electron chi connectivity index (χ3n) is 1.84. The molecule has 0 saturated carbocycles. The maximum absolute atomic E-state index is 11.1. The van der Waals surface area contributed by atoms with Crippen LogP contribution in [0.15, 0.2) is 0 Å². The number of sulfonamides is 1. The van der Waals surface area contributed by atoms with Crippen molar-refractivity contribution in [1.29, 1.82) is 0 Å². The Bertz CT molecular complexity index is 239. The standard InChI is InChI=1S/C6H14N2O3S/c1-2-12(9,10)8-6-4-11-3-5(6)7/h5-6,8H,2-4,7H2,1H3. The number of hydrogen-bond donors (Lipinski definition) is 2. The minimum Gasteiger partial charge on any atom is -0.378 e.